The van der Waals surface area contributed by atoms with E-state index in [-0.39, 0.29) is 5.91 Å². The van der Waals surface area contributed by atoms with E-state index < -0.39 is 0 Å². The molecule has 1 rings (SSSR count). The molecule has 3 nitrogen and oxygen atoms in total. The molecule has 0 aliphatic rings. The molecule has 0 aromatic heterocycles. The van der Waals surface area contributed by atoms with E-state index in [2.05, 4.69) is 21.2 Å². The smallest absolute Gasteiger partial charge is 0.220 e. The van der Waals surface area contributed by atoms with E-state index in [1.54, 1.807) is 0 Å². The summed E-state index contributed by atoms with van der Waals surface area (Å²) < 4.78 is 6.20. The Morgan fingerprint density at radius 1 is 1.47 bits per heavy atom. The van der Waals surface area contributed by atoms with Gasteiger partial charge in [0.2, 0.25) is 5.91 Å². The predicted molar refractivity (Wildman–Crippen MR) is 71.7 cm³/mol. The molecule has 0 saturated heterocycles. The number of halogens is 1. The van der Waals surface area contributed by atoms with Crippen LogP contribution >= 0.6 is 15.9 Å². The molecular formula is C13H18BrNO2. The highest BCUT2D eigenvalue weighted by atomic mass is 79.9. The number of carbonyl (C=O) groups excluding carboxylic acids is 1. The summed E-state index contributed by atoms with van der Waals surface area (Å²) in [5.74, 6) is 0.0738. The lowest BCUT2D eigenvalue weighted by Gasteiger charge is -2.05. The third kappa shape index (κ3) is 6.44. The Hall–Kier alpha value is -0.870. The van der Waals surface area contributed by atoms with Gasteiger partial charge in [-0.2, -0.15) is 0 Å². The Bertz CT molecular complexity index is 355. The molecule has 0 heterocycles. The van der Waals surface area contributed by atoms with Gasteiger partial charge in [0.15, 0.2) is 0 Å². The zero-order valence-corrected chi connectivity index (χ0v) is 11.6. The molecule has 1 aromatic rings. The Kier molecular flexibility index (Phi) is 6.89. The van der Waals surface area contributed by atoms with Crippen molar-refractivity contribution in [2.45, 2.75) is 26.3 Å². The fourth-order valence-electron chi connectivity index (χ4n) is 1.42. The molecule has 17 heavy (non-hydrogen) atoms. The fraction of sp³-hybridized carbons (Fsp3) is 0.462. The van der Waals surface area contributed by atoms with Gasteiger partial charge in [0.1, 0.15) is 0 Å². The Labute approximate surface area is 111 Å². The molecule has 1 N–H and O–H groups in total. The lowest BCUT2D eigenvalue weighted by molar-refractivity contribution is -0.121. The second-order valence-electron chi connectivity index (χ2n) is 3.71. The maximum absolute atomic E-state index is 11.5. The minimum Gasteiger partial charge on any atom is -0.382 e. The van der Waals surface area contributed by atoms with E-state index in [9.17, 15) is 4.79 Å². The number of carbonyl (C=O) groups is 1. The van der Waals surface area contributed by atoms with Crippen LogP contribution in [0.2, 0.25) is 0 Å². The molecule has 0 aliphatic heterocycles. The van der Waals surface area contributed by atoms with Gasteiger partial charge in [-0.15, -0.1) is 0 Å². The van der Waals surface area contributed by atoms with Crippen molar-refractivity contribution in [3.63, 3.8) is 0 Å². The Morgan fingerprint density at radius 3 is 3.00 bits per heavy atom. The number of nitrogens with one attached hydrogen (secondary N) is 1. The molecule has 0 bridgehead atoms. The quantitative estimate of drug-likeness (QED) is 0.786. The molecule has 0 saturated carbocycles. The van der Waals surface area contributed by atoms with Crippen molar-refractivity contribution < 1.29 is 9.53 Å². The van der Waals surface area contributed by atoms with E-state index in [1.165, 1.54) is 0 Å². The summed E-state index contributed by atoms with van der Waals surface area (Å²) in [5, 5.41) is 2.89. The van der Waals surface area contributed by atoms with Crippen molar-refractivity contribution in [2.24, 2.45) is 0 Å². The van der Waals surface area contributed by atoms with Crippen LogP contribution in [0.15, 0.2) is 28.7 Å². The number of hydrogen-bond acceptors (Lipinski definition) is 2. The topological polar surface area (TPSA) is 38.3 Å². The standard InChI is InChI=1S/C13H18BrNO2/c1-2-17-8-4-7-13(16)15-10-11-5-3-6-12(14)9-11/h3,5-6,9H,2,4,7-8,10H2,1H3,(H,15,16). The van der Waals surface area contributed by atoms with Crippen LogP contribution in [0.25, 0.3) is 0 Å². The predicted octanol–water partition coefficient (Wildman–Crippen LogP) is 2.88. The lowest BCUT2D eigenvalue weighted by Crippen LogP contribution is -2.22. The minimum absolute atomic E-state index is 0.0738. The van der Waals surface area contributed by atoms with Gasteiger partial charge in [-0.3, -0.25) is 4.79 Å². The van der Waals surface area contributed by atoms with Gasteiger partial charge in [-0.05, 0) is 31.0 Å². The van der Waals surface area contributed by atoms with Crippen molar-refractivity contribution in [3.05, 3.63) is 34.3 Å². The van der Waals surface area contributed by atoms with Gasteiger partial charge in [0, 0.05) is 30.7 Å². The van der Waals surface area contributed by atoms with Crippen LogP contribution in [0.5, 0.6) is 0 Å². The average Bonchev–Trinajstić information content (AvgIpc) is 2.32. The second-order valence-corrected chi connectivity index (χ2v) is 4.62. The van der Waals surface area contributed by atoms with Crippen LogP contribution in [-0.2, 0) is 16.1 Å². The number of hydrogen-bond donors (Lipinski definition) is 1. The molecule has 0 aliphatic carbocycles. The van der Waals surface area contributed by atoms with Gasteiger partial charge in [-0.25, -0.2) is 0 Å². The van der Waals surface area contributed by atoms with Crippen LogP contribution in [0.3, 0.4) is 0 Å². The number of amides is 1. The van der Waals surface area contributed by atoms with E-state index in [0.29, 0.717) is 26.2 Å². The summed E-state index contributed by atoms with van der Waals surface area (Å²) in [7, 11) is 0. The summed E-state index contributed by atoms with van der Waals surface area (Å²) >= 11 is 3.40. The van der Waals surface area contributed by atoms with Gasteiger partial charge < -0.3 is 10.1 Å². The number of rotatable bonds is 7. The highest BCUT2D eigenvalue weighted by Crippen LogP contribution is 2.11. The summed E-state index contributed by atoms with van der Waals surface area (Å²) in [6, 6.07) is 7.92. The summed E-state index contributed by atoms with van der Waals surface area (Å²) in [5.41, 5.74) is 1.09. The largest absolute Gasteiger partial charge is 0.382 e. The van der Waals surface area contributed by atoms with Crippen molar-refractivity contribution in [1.29, 1.82) is 0 Å². The van der Waals surface area contributed by atoms with Crippen molar-refractivity contribution in [2.75, 3.05) is 13.2 Å². The first-order valence-electron chi connectivity index (χ1n) is 5.81. The molecule has 1 amide bonds. The van der Waals surface area contributed by atoms with E-state index >= 15 is 0 Å². The number of ether oxygens (including phenoxy) is 1. The van der Waals surface area contributed by atoms with E-state index in [0.717, 1.165) is 16.5 Å². The summed E-state index contributed by atoms with van der Waals surface area (Å²) in [4.78, 5) is 11.5. The highest BCUT2D eigenvalue weighted by molar-refractivity contribution is 9.10. The monoisotopic (exact) mass is 299 g/mol. The zero-order chi connectivity index (χ0) is 12.5. The first kappa shape index (κ1) is 14.2. The third-order valence-electron chi connectivity index (χ3n) is 2.28. The maximum atomic E-state index is 11.5. The molecule has 1 aromatic carbocycles. The van der Waals surface area contributed by atoms with Crippen molar-refractivity contribution in [3.8, 4) is 0 Å². The van der Waals surface area contributed by atoms with Gasteiger partial charge in [-0.1, -0.05) is 28.1 Å². The molecule has 94 valence electrons. The van der Waals surface area contributed by atoms with Crippen LogP contribution in [0.1, 0.15) is 25.3 Å². The maximum Gasteiger partial charge on any atom is 0.220 e. The average molecular weight is 300 g/mol. The lowest BCUT2D eigenvalue weighted by atomic mass is 10.2. The fourth-order valence-corrected chi connectivity index (χ4v) is 1.86. The summed E-state index contributed by atoms with van der Waals surface area (Å²) in [6.45, 7) is 3.89. The Balaban J connectivity index is 2.19. The molecule has 0 atom stereocenters. The minimum atomic E-state index is 0.0738. The first-order chi connectivity index (χ1) is 8.22. The van der Waals surface area contributed by atoms with Crippen LogP contribution < -0.4 is 5.32 Å². The van der Waals surface area contributed by atoms with Crippen molar-refractivity contribution in [1.82, 2.24) is 5.32 Å². The van der Waals surface area contributed by atoms with E-state index in [1.807, 2.05) is 31.2 Å². The molecular weight excluding hydrogens is 282 g/mol. The Morgan fingerprint density at radius 2 is 2.29 bits per heavy atom. The number of benzene rings is 1. The summed E-state index contributed by atoms with van der Waals surface area (Å²) in [6.07, 6.45) is 1.30. The first-order valence-corrected chi connectivity index (χ1v) is 6.60. The molecule has 4 heteroatoms. The normalized spacial score (nSPS) is 10.2. The van der Waals surface area contributed by atoms with Gasteiger partial charge in [0.05, 0.1) is 0 Å². The van der Waals surface area contributed by atoms with Crippen LogP contribution in [-0.4, -0.2) is 19.1 Å². The van der Waals surface area contributed by atoms with Crippen LogP contribution in [0, 0.1) is 0 Å². The SMILES string of the molecule is CCOCCCC(=O)NCc1cccc(Br)c1. The molecule has 0 radical (unpaired) electrons. The van der Waals surface area contributed by atoms with E-state index in [4.69, 9.17) is 4.74 Å². The van der Waals surface area contributed by atoms with Gasteiger partial charge in [0.25, 0.3) is 0 Å². The molecule has 0 unspecified atom stereocenters. The highest BCUT2D eigenvalue weighted by Gasteiger charge is 2.01. The molecule has 0 fully saturated rings. The van der Waals surface area contributed by atoms with Crippen LogP contribution in [0.4, 0.5) is 0 Å². The van der Waals surface area contributed by atoms with Gasteiger partial charge >= 0.3 is 0 Å². The third-order valence-corrected chi connectivity index (χ3v) is 2.77. The zero-order valence-electron chi connectivity index (χ0n) is 10.0. The van der Waals surface area contributed by atoms with Crippen molar-refractivity contribution >= 4 is 21.8 Å². The second kappa shape index (κ2) is 8.25. The molecule has 0 spiro atoms.